The maximum Gasteiger partial charge on any atom is 0.263 e. The number of nitrogens with zero attached hydrogens (tertiary/aromatic N) is 1. The Morgan fingerprint density at radius 2 is 2.10 bits per heavy atom. The van der Waals surface area contributed by atoms with Gasteiger partial charge in [0.2, 0.25) is 0 Å². The molecule has 0 fully saturated rings. The van der Waals surface area contributed by atoms with E-state index in [1.807, 2.05) is 24.3 Å². The summed E-state index contributed by atoms with van der Waals surface area (Å²) in [5.41, 5.74) is 6.39. The summed E-state index contributed by atoms with van der Waals surface area (Å²) in [4.78, 5) is 16.9. The maximum absolute atomic E-state index is 12.0. The fourth-order valence-electron chi connectivity index (χ4n) is 1.80. The van der Waals surface area contributed by atoms with Crippen LogP contribution in [0.15, 0.2) is 30.5 Å². The number of carbonyl (C=O) groups is 1. The quantitative estimate of drug-likeness (QED) is 0.769. The Hall–Kier alpha value is -1.92. The molecule has 0 aliphatic carbocycles. The highest BCUT2D eigenvalue weighted by atomic mass is 32.1. The lowest BCUT2D eigenvalue weighted by Crippen LogP contribution is -2.23. The third-order valence-corrected chi connectivity index (χ3v) is 4.03. The van der Waals surface area contributed by atoms with Gasteiger partial charge in [-0.05, 0) is 43.7 Å². The van der Waals surface area contributed by atoms with Crippen molar-refractivity contribution in [3.05, 3.63) is 35.3 Å². The summed E-state index contributed by atoms with van der Waals surface area (Å²) in [6.45, 7) is 1.30. The Labute approximate surface area is 128 Å². The summed E-state index contributed by atoms with van der Waals surface area (Å²) >= 11 is 1.38. The Morgan fingerprint density at radius 3 is 2.76 bits per heavy atom. The SMILES string of the molecule is COc1ccc(-c2ncc(C(=O)NCCCCN)s2)cc1. The van der Waals surface area contributed by atoms with E-state index in [4.69, 9.17) is 10.5 Å². The number of nitrogens with one attached hydrogen (secondary N) is 1. The molecule has 0 atom stereocenters. The van der Waals surface area contributed by atoms with Gasteiger partial charge in [0, 0.05) is 12.1 Å². The molecule has 1 aromatic carbocycles. The molecule has 0 spiro atoms. The molecule has 0 saturated carbocycles. The highest BCUT2D eigenvalue weighted by Gasteiger charge is 2.11. The van der Waals surface area contributed by atoms with Crippen molar-refractivity contribution < 1.29 is 9.53 Å². The Balaban J connectivity index is 1.98. The molecule has 0 aliphatic heterocycles. The van der Waals surface area contributed by atoms with Crippen LogP contribution in [0.25, 0.3) is 10.6 Å². The average Bonchev–Trinajstić information content (AvgIpc) is 3.01. The van der Waals surface area contributed by atoms with Crippen LogP contribution in [-0.2, 0) is 0 Å². The van der Waals surface area contributed by atoms with Crippen LogP contribution < -0.4 is 15.8 Å². The third-order valence-electron chi connectivity index (χ3n) is 2.98. The van der Waals surface area contributed by atoms with E-state index in [2.05, 4.69) is 10.3 Å². The van der Waals surface area contributed by atoms with E-state index in [1.165, 1.54) is 11.3 Å². The molecule has 0 radical (unpaired) electrons. The van der Waals surface area contributed by atoms with E-state index in [1.54, 1.807) is 13.3 Å². The molecule has 1 heterocycles. The number of hydrogen-bond donors (Lipinski definition) is 2. The van der Waals surface area contributed by atoms with E-state index >= 15 is 0 Å². The van der Waals surface area contributed by atoms with Crippen molar-refractivity contribution in [3.63, 3.8) is 0 Å². The van der Waals surface area contributed by atoms with Gasteiger partial charge in [-0.1, -0.05) is 0 Å². The maximum atomic E-state index is 12.0. The molecule has 0 saturated heterocycles. The zero-order valence-corrected chi connectivity index (χ0v) is 12.8. The highest BCUT2D eigenvalue weighted by molar-refractivity contribution is 7.16. The number of aromatic nitrogens is 1. The lowest BCUT2D eigenvalue weighted by Gasteiger charge is -2.02. The van der Waals surface area contributed by atoms with Crippen LogP contribution in [0.1, 0.15) is 22.5 Å². The van der Waals surface area contributed by atoms with Gasteiger partial charge in [-0.15, -0.1) is 11.3 Å². The average molecular weight is 305 g/mol. The second-order valence-corrected chi connectivity index (χ2v) is 5.54. The number of carbonyl (C=O) groups excluding carboxylic acids is 1. The van der Waals surface area contributed by atoms with Crippen LogP contribution in [-0.4, -0.2) is 31.1 Å². The topological polar surface area (TPSA) is 77.2 Å². The van der Waals surface area contributed by atoms with Crippen LogP contribution in [0, 0.1) is 0 Å². The molecule has 3 N–H and O–H groups in total. The summed E-state index contributed by atoms with van der Waals surface area (Å²) in [5, 5.41) is 3.70. The molecule has 0 unspecified atom stereocenters. The van der Waals surface area contributed by atoms with Crippen LogP contribution in [0.2, 0.25) is 0 Å². The fraction of sp³-hybridized carbons (Fsp3) is 0.333. The second kappa shape index (κ2) is 7.75. The van der Waals surface area contributed by atoms with Gasteiger partial charge in [0.05, 0.1) is 13.3 Å². The zero-order valence-electron chi connectivity index (χ0n) is 12.0. The van der Waals surface area contributed by atoms with Crippen LogP contribution >= 0.6 is 11.3 Å². The summed E-state index contributed by atoms with van der Waals surface area (Å²) in [5.74, 6) is 0.720. The van der Waals surface area contributed by atoms with Crippen molar-refractivity contribution >= 4 is 17.2 Å². The zero-order chi connectivity index (χ0) is 15.1. The van der Waals surface area contributed by atoms with E-state index in [-0.39, 0.29) is 5.91 Å². The smallest absolute Gasteiger partial charge is 0.263 e. The van der Waals surface area contributed by atoms with Gasteiger partial charge in [0.15, 0.2) is 0 Å². The first-order valence-corrected chi connectivity index (χ1v) is 7.64. The number of unbranched alkanes of at least 4 members (excludes halogenated alkanes) is 1. The predicted molar refractivity (Wildman–Crippen MR) is 84.7 cm³/mol. The summed E-state index contributed by atoms with van der Waals surface area (Å²) in [7, 11) is 1.63. The molecule has 6 heteroatoms. The van der Waals surface area contributed by atoms with E-state index in [9.17, 15) is 4.79 Å². The molecule has 21 heavy (non-hydrogen) atoms. The molecule has 1 amide bonds. The molecule has 0 bridgehead atoms. The van der Waals surface area contributed by atoms with Gasteiger partial charge in [0.25, 0.3) is 5.91 Å². The van der Waals surface area contributed by atoms with Gasteiger partial charge in [0.1, 0.15) is 15.6 Å². The molecule has 2 rings (SSSR count). The van der Waals surface area contributed by atoms with Crippen molar-refractivity contribution in [2.45, 2.75) is 12.8 Å². The van der Waals surface area contributed by atoms with Gasteiger partial charge in [-0.3, -0.25) is 4.79 Å². The standard InChI is InChI=1S/C15H19N3O2S/c1-20-12-6-4-11(5-7-12)15-18-10-13(21-15)14(19)17-9-3-2-8-16/h4-7,10H,2-3,8-9,16H2,1H3,(H,17,19). The number of ether oxygens (including phenoxy) is 1. The number of methoxy groups -OCH3 is 1. The fourth-order valence-corrected chi connectivity index (χ4v) is 2.64. The highest BCUT2D eigenvalue weighted by Crippen LogP contribution is 2.26. The summed E-state index contributed by atoms with van der Waals surface area (Å²) in [6.07, 6.45) is 3.43. The Morgan fingerprint density at radius 1 is 1.33 bits per heavy atom. The van der Waals surface area contributed by atoms with Crippen LogP contribution in [0.5, 0.6) is 5.75 Å². The summed E-state index contributed by atoms with van der Waals surface area (Å²) in [6, 6.07) is 7.62. The minimum absolute atomic E-state index is 0.0794. The van der Waals surface area contributed by atoms with Gasteiger partial charge >= 0.3 is 0 Å². The number of thiazole rings is 1. The number of hydrogen-bond acceptors (Lipinski definition) is 5. The van der Waals surface area contributed by atoms with E-state index in [0.29, 0.717) is 18.0 Å². The third kappa shape index (κ3) is 4.27. The van der Waals surface area contributed by atoms with Crippen molar-refractivity contribution in [1.82, 2.24) is 10.3 Å². The van der Waals surface area contributed by atoms with Gasteiger partial charge in [-0.2, -0.15) is 0 Å². The number of amides is 1. The first kappa shape index (κ1) is 15.5. The van der Waals surface area contributed by atoms with Crippen molar-refractivity contribution in [2.75, 3.05) is 20.2 Å². The summed E-state index contributed by atoms with van der Waals surface area (Å²) < 4.78 is 5.12. The minimum Gasteiger partial charge on any atom is -0.497 e. The van der Waals surface area contributed by atoms with E-state index in [0.717, 1.165) is 29.2 Å². The molecule has 1 aromatic heterocycles. The first-order chi connectivity index (χ1) is 10.2. The molecule has 5 nitrogen and oxygen atoms in total. The predicted octanol–water partition coefficient (Wildman–Crippen LogP) is 2.29. The van der Waals surface area contributed by atoms with Gasteiger partial charge < -0.3 is 15.8 Å². The van der Waals surface area contributed by atoms with Crippen molar-refractivity contribution in [2.24, 2.45) is 5.73 Å². The lowest BCUT2D eigenvalue weighted by atomic mass is 10.2. The molecule has 0 aliphatic rings. The van der Waals surface area contributed by atoms with Gasteiger partial charge in [-0.25, -0.2) is 4.98 Å². The number of benzene rings is 1. The van der Waals surface area contributed by atoms with E-state index < -0.39 is 0 Å². The normalized spacial score (nSPS) is 10.4. The number of nitrogens with two attached hydrogens (primary N) is 1. The first-order valence-electron chi connectivity index (χ1n) is 6.83. The molecule has 112 valence electrons. The van der Waals surface area contributed by atoms with Crippen LogP contribution in [0.4, 0.5) is 0 Å². The van der Waals surface area contributed by atoms with Crippen molar-refractivity contribution in [1.29, 1.82) is 0 Å². The molecule has 2 aromatic rings. The largest absolute Gasteiger partial charge is 0.497 e. The number of rotatable bonds is 7. The monoisotopic (exact) mass is 305 g/mol. The Kier molecular flexibility index (Phi) is 5.71. The van der Waals surface area contributed by atoms with Crippen LogP contribution in [0.3, 0.4) is 0 Å². The molecular weight excluding hydrogens is 286 g/mol. The molecular formula is C15H19N3O2S. The second-order valence-electron chi connectivity index (χ2n) is 4.51. The Bertz CT molecular complexity index is 581. The lowest BCUT2D eigenvalue weighted by molar-refractivity contribution is 0.0957. The minimum atomic E-state index is -0.0794. The van der Waals surface area contributed by atoms with Crippen molar-refractivity contribution in [3.8, 4) is 16.3 Å².